The fourth-order valence-electron chi connectivity index (χ4n) is 0.734. The summed E-state index contributed by atoms with van der Waals surface area (Å²) in [5.41, 5.74) is 1.71. The van der Waals surface area contributed by atoms with E-state index in [1.54, 1.807) is 12.1 Å². The molecule has 0 heterocycles. The Kier molecular flexibility index (Phi) is 5.57. The third kappa shape index (κ3) is 4.11. The molecule has 0 saturated heterocycles. The summed E-state index contributed by atoms with van der Waals surface area (Å²) >= 11 is 0. The van der Waals surface area contributed by atoms with Crippen molar-refractivity contribution in [2.75, 3.05) is 4.72 Å². The van der Waals surface area contributed by atoms with Gasteiger partial charge in [-0.3, -0.25) is 4.72 Å². The molecule has 0 saturated carbocycles. The summed E-state index contributed by atoms with van der Waals surface area (Å²) in [5, 5.41) is 0. The number of hydrogen-bond donors (Lipinski definition) is 2. The van der Waals surface area contributed by atoms with Gasteiger partial charge in [-0.2, -0.15) is 0 Å². The van der Waals surface area contributed by atoms with E-state index in [1.807, 2.05) is 19.1 Å². The van der Waals surface area contributed by atoms with Crippen molar-refractivity contribution < 1.29 is 8.42 Å². The van der Waals surface area contributed by atoms with Gasteiger partial charge >= 0.3 is 29.6 Å². The van der Waals surface area contributed by atoms with Crippen molar-refractivity contribution in [3.63, 3.8) is 0 Å². The first-order chi connectivity index (χ1) is 5.18. The second-order valence-corrected chi connectivity index (χ2v) is 2.97. The molecule has 0 spiro atoms. The normalized spacial score (nSPS) is 9.17. The third-order valence-electron chi connectivity index (χ3n) is 1.27. The summed E-state index contributed by atoms with van der Waals surface area (Å²) in [5.74, 6) is 0. The average Bonchev–Trinajstić information content (AvgIpc) is 1.93. The Morgan fingerprint density at radius 1 is 1.17 bits per heavy atom. The second kappa shape index (κ2) is 5.59. The molecule has 1 N–H and O–H groups in total. The molecule has 0 atom stereocenters. The van der Waals surface area contributed by atoms with Crippen LogP contribution in [0.3, 0.4) is 0 Å². The minimum absolute atomic E-state index is 0. The van der Waals surface area contributed by atoms with Gasteiger partial charge in [0.05, 0.1) is 0 Å². The maximum absolute atomic E-state index is 10.2. The SMILES string of the molecule is Cc1ccc(N[SH](=O)=O)cc1.[NaH]. The predicted molar refractivity (Wildman–Crippen MR) is 52.3 cm³/mol. The first kappa shape index (κ1) is 12.0. The molecule has 0 bridgehead atoms. The van der Waals surface area contributed by atoms with Gasteiger partial charge in [0.25, 0.3) is 0 Å². The number of thiol groups is 1. The van der Waals surface area contributed by atoms with Crippen molar-refractivity contribution in [1.29, 1.82) is 0 Å². The Morgan fingerprint density at radius 2 is 1.67 bits per heavy atom. The molecule has 0 aromatic heterocycles. The summed E-state index contributed by atoms with van der Waals surface area (Å²) in [4.78, 5) is 0. The van der Waals surface area contributed by atoms with Crippen LogP contribution in [0.4, 0.5) is 5.69 Å². The van der Waals surface area contributed by atoms with Gasteiger partial charge in [0.1, 0.15) is 0 Å². The molecule has 1 rings (SSSR count). The Morgan fingerprint density at radius 3 is 2.08 bits per heavy atom. The van der Waals surface area contributed by atoms with Gasteiger partial charge in [-0.15, -0.1) is 0 Å². The fourth-order valence-corrected chi connectivity index (χ4v) is 1.09. The molecule has 0 aliphatic carbocycles. The van der Waals surface area contributed by atoms with E-state index in [-0.39, 0.29) is 29.6 Å². The van der Waals surface area contributed by atoms with Gasteiger partial charge in [-0.05, 0) is 19.1 Å². The van der Waals surface area contributed by atoms with Crippen molar-refractivity contribution in [3.8, 4) is 0 Å². The van der Waals surface area contributed by atoms with E-state index in [0.29, 0.717) is 5.69 Å². The van der Waals surface area contributed by atoms with Gasteiger partial charge < -0.3 is 0 Å². The monoisotopic (exact) mass is 195 g/mol. The van der Waals surface area contributed by atoms with E-state index in [1.165, 1.54) is 0 Å². The zero-order valence-corrected chi connectivity index (χ0v) is 6.97. The third-order valence-corrected chi connectivity index (χ3v) is 1.71. The van der Waals surface area contributed by atoms with Gasteiger partial charge in [0.2, 0.25) is 10.9 Å². The summed E-state index contributed by atoms with van der Waals surface area (Å²) in [6.07, 6.45) is 0. The Labute approximate surface area is 95.6 Å². The van der Waals surface area contributed by atoms with E-state index < -0.39 is 10.9 Å². The molecular weight excluding hydrogens is 185 g/mol. The number of nitrogens with one attached hydrogen (secondary N) is 1. The van der Waals surface area contributed by atoms with E-state index in [0.717, 1.165) is 5.56 Å². The van der Waals surface area contributed by atoms with Gasteiger partial charge in [-0.1, -0.05) is 17.7 Å². The van der Waals surface area contributed by atoms with Crippen LogP contribution in [0.25, 0.3) is 0 Å². The zero-order chi connectivity index (χ0) is 8.27. The molecule has 0 unspecified atom stereocenters. The first-order valence-electron chi connectivity index (χ1n) is 3.16. The van der Waals surface area contributed by atoms with Crippen LogP contribution in [0.2, 0.25) is 0 Å². The Bertz CT molecular complexity index is 300. The molecule has 0 aliphatic rings. The van der Waals surface area contributed by atoms with Crippen LogP contribution in [0.15, 0.2) is 24.3 Å². The van der Waals surface area contributed by atoms with Crippen LogP contribution in [-0.2, 0) is 10.9 Å². The molecular formula is C7H10NNaO2S. The Balaban J connectivity index is 0.00000121. The fraction of sp³-hybridized carbons (Fsp3) is 0.143. The van der Waals surface area contributed by atoms with Gasteiger partial charge in [0, 0.05) is 5.69 Å². The zero-order valence-electron chi connectivity index (χ0n) is 6.07. The minimum atomic E-state index is -2.54. The molecule has 0 aliphatic heterocycles. The number of hydrogen-bond acceptors (Lipinski definition) is 2. The van der Waals surface area contributed by atoms with Crippen LogP contribution in [0.5, 0.6) is 0 Å². The van der Waals surface area contributed by atoms with E-state index in [2.05, 4.69) is 4.72 Å². The van der Waals surface area contributed by atoms with Gasteiger partial charge in [-0.25, -0.2) is 8.42 Å². The average molecular weight is 195 g/mol. The van der Waals surface area contributed by atoms with Crippen molar-refractivity contribution in [3.05, 3.63) is 29.8 Å². The molecule has 62 valence electrons. The van der Waals surface area contributed by atoms with E-state index in [4.69, 9.17) is 0 Å². The van der Waals surface area contributed by atoms with E-state index in [9.17, 15) is 8.42 Å². The molecule has 1 aromatic rings. The summed E-state index contributed by atoms with van der Waals surface area (Å²) < 4.78 is 22.6. The van der Waals surface area contributed by atoms with Crippen LogP contribution < -0.4 is 4.72 Å². The quantitative estimate of drug-likeness (QED) is 0.526. The first-order valence-corrected chi connectivity index (χ1v) is 4.34. The van der Waals surface area contributed by atoms with Crippen LogP contribution in [0, 0.1) is 6.92 Å². The molecule has 0 fully saturated rings. The van der Waals surface area contributed by atoms with E-state index >= 15 is 0 Å². The second-order valence-electron chi connectivity index (χ2n) is 2.23. The molecule has 0 amide bonds. The van der Waals surface area contributed by atoms with Crippen molar-refractivity contribution in [2.24, 2.45) is 0 Å². The number of benzene rings is 1. The molecule has 3 nitrogen and oxygen atoms in total. The number of anilines is 1. The Hall–Kier alpha value is -0.0300. The van der Waals surface area contributed by atoms with Gasteiger partial charge in [0.15, 0.2) is 0 Å². The molecule has 0 radical (unpaired) electrons. The van der Waals surface area contributed by atoms with Crippen molar-refractivity contribution in [2.45, 2.75) is 6.92 Å². The molecule has 12 heavy (non-hydrogen) atoms. The van der Waals surface area contributed by atoms with Crippen LogP contribution in [0.1, 0.15) is 5.56 Å². The van der Waals surface area contributed by atoms with Crippen LogP contribution >= 0.6 is 0 Å². The maximum atomic E-state index is 10.2. The molecule has 5 heteroatoms. The summed E-state index contributed by atoms with van der Waals surface area (Å²) in [6.45, 7) is 1.95. The summed E-state index contributed by atoms with van der Waals surface area (Å²) in [7, 11) is -2.54. The number of rotatable bonds is 2. The predicted octanol–water partition coefficient (Wildman–Crippen LogP) is 0.285. The standard InChI is InChI=1S/C7H9NO2S.Na.H/c1-6-2-4-7(5-3-6)8-11(9)10;;/h2-5,11H,1H3,(H,8,9,10);;. The van der Waals surface area contributed by atoms with Crippen molar-refractivity contribution >= 4 is 46.1 Å². The van der Waals surface area contributed by atoms with Crippen LogP contribution in [-0.4, -0.2) is 38.0 Å². The number of aryl methyl sites for hydroxylation is 1. The summed E-state index contributed by atoms with van der Waals surface area (Å²) in [6, 6.07) is 7.14. The topological polar surface area (TPSA) is 46.2 Å². The van der Waals surface area contributed by atoms with Crippen molar-refractivity contribution in [1.82, 2.24) is 0 Å². The molecule has 1 aromatic carbocycles.